The first-order valence-corrected chi connectivity index (χ1v) is 7.54. The Morgan fingerprint density at radius 2 is 2.12 bits per heavy atom. The maximum Gasteiger partial charge on any atom is 0.0587 e. The van der Waals surface area contributed by atoms with Crippen LogP contribution >= 0.6 is 0 Å². The van der Waals surface area contributed by atoms with Gasteiger partial charge in [0.05, 0.1) is 6.61 Å². The highest BCUT2D eigenvalue weighted by molar-refractivity contribution is 5.03. The lowest BCUT2D eigenvalue weighted by Gasteiger charge is -2.50. The van der Waals surface area contributed by atoms with Gasteiger partial charge in [-0.3, -0.25) is 0 Å². The first-order chi connectivity index (χ1) is 8.34. The molecule has 3 atom stereocenters. The number of hydrogen-bond donors (Lipinski definition) is 1. The van der Waals surface area contributed by atoms with Crippen molar-refractivity contribution in [2.24, 2.45) is 23.2 Å². The van der Waals surface area contributed by atoms with Gasteiger partial charge in [0.2, 0.25) is 0 Å². The Hall–Kier alpha value is -0.0800. The molecule has 0 amide bonds. The molecule has 3 aliphatic carbocycles. The van der Waals surface area contributed by atoms with Crippen LogP contribution in [-0.4, -0.2) is 26.8 Å². The molecule has 0 aromatic carbocycles. The van der Waals surface area contributed by atoms with E-state index in [0.29, 0.717) is 5.41 Å². The third-order valence-electron chi connectivity index (χ3n) is 5.83. The molecule has 3 unspecified atom stereocenters. The van der Waals surface area contributed by atoms with Crippen LogP contribution in [0.5, 0.6) is 0 Å². The van der Waals surface area contributed by atoms with Gasteiger partial charge < -0.3 is 10.1 Å². The minimum absolute atomic E-state index is 0.688. The van der Waals surface area contributed by atoms with Crippen molar-refractivity contribution in [1.29, 1.82) is 0 Å². The normalized spacial score (nSPS) is 38.3. The summed E-state index contributed by atoms with van der Waals surface area (Å²) in [6.07, 6.45) is 10.6. The zero-order chi connectivity index (χ0) is 11.7. The number of rotatable bonds is 6. The molecule has 0 aromatic heterocycles. The van der Waals surface area contributed by atoms with Crippen LogP contribution in [0.15, 0.2) is 0 Å². The maximum absolute atomic E-state index is 5.12. The monoisotopic (exact) mass is 237 g/mol. The Morgan fingerprint density at radius 1 is 1.24 bits per heavy atom. The lowest BCUT2D eigenvalue weighted by molar-refractivity contribution is 0.0145. The Balaban J connectivity index is 1.54. The summed E-state index contributed by atoms with van der Waals surface area (Å²) in [5.41, 5.74) is 0.688. The van der Waals surface area contributed by atoms with Crippen LogP contribution in [0.2, 0.25) is 0 Å². The largest absolute Gasteiger partial charge is 0.383 e. The van der Waals surface area contributed by atoms with Gasteiger partial charge in [0.25, 0.3) is 0 Å². The van der Waals surface area contributed by atoms with Crippen LogP contribution in [0, 0.1) is 23.2 Å². The second-order valence-corrected chi connectivity index (χ2v) is 6.67. The summed E-state index contributed by atoms with van der Waals surface area (Å²) in [6, 6.07) is 0. The highest BCUT2D eigenvalue weighted by Gasteiger charge is 2.52. The summed E-state index contributed by atoms with van der Waals surface area (Å²) >= 11 is 0. The number of fused-ring (bicyclic) bond motifs is 2. The van der Waals surface area contributed by atoms with Crippen molar-refractivity contribution in [3.63, 3.8) is 0 Å². The molecule has 2 nitrogen and oxygen atoms in total. The minimum atomic E-state index is 0.688. The van der Waals surface area contributed by atoms with Gasteiger partial charge in [-0.25, -0.2) is 0 Å². The quantitative estimate of drug-likeness (QED) is 0.717. The summed E-state index contributed by atoms with van der Waals surface area (Å²) in [4.78, 5) is 0. The van der Waals surface area contributed by atoms with Gasteiger partial charge in [-0.2, -0.15) is 0 Å². The molecule has 0 spiro atoms. The standard InChI is InChI=1S/C15H27NO/c1-17-8-7-16-11-15(5-2-6-15)14-10-12-3-4-13(14)9-12/h12-14,16H,2-11H2,1H3. The van der Waals surface area contributed by atoms with E-state index in [2.05, 4.69) is 5.32 Å². The van der Waals surface area contributed by atoms with E-state index in [9.17, 15) is 0 Å². The van der Waals surface area contributed by atoms with E-state index in [1.807, 2.05) is 0 Å². The molecule has 3 rings (SSSR count). The van der Waals surface area contributed by atoms with Gasteiger partial charge >= 0.3 is 0 Å². The van der Waals surface area contributed by atoms with E-state index >= 15 is 0 Å². The fourth-order valence-corrected chi connectivity index (χ4v) is 4.82. The number of methoxy groups -OCH3 is 1. The molecule has 1 N–H and O–H groups in total. The van der Waals surface area contributed by atoms with Crippen LogP contribution in [-0.2, 0) is 4.74 Å². The lowest BCUT2D eigenvalue weighted by Crippen LogP contribution is -2.47. The topological polar surface area (TPSA) is 21.3 Å². The van der Waals surface area contributed by atoms with E-state index < -0.39 is 0 Å². The van der Waals surface area contributed by atoms with Gasteiger partial charge in [-0.05, 0) is 55.3 Å². The number of ether oxygens (including phenoxy) is 1. The molecule has 3 saturated carbocycles. The van der Waals surface area contributed by atoms with Gasteiger partial charge in [-0.15, -0.1) is 0 Å². The van der Waals surface area contributed by atoms with Crippen molar-refractivity contribution in [1.82, 2.24) is 5.32 Å². The van der Waals surface area contributed by atoms with Gasteiger partial charge in [0.1, 0.15) is 0 Å². The van der Waals surface area contributed by atoms with Gasteiger partial charge in [0, 0.05) is 20.2 Å². The molecule has 0 aromatic rings. The summed E-state index contributed by atoms with van der Waals surface area (Å²) in [7, 11) is 1.79. The van der Waals surface area contributed by atoms with E-state index in [1.54, 1.807) is 20.0 Å². The van der Waals surface area contributed by atoms with Crippen molar-refractivity contribution in [3.05, 3.63) is 0 Å². The molecule has 2 bridgehead atoms. The lowest BCUT2D eigenvalue weighted by atomic mass is 9.57. The first kappa shape index (κ1) is 12.0. The second-order valence-electron chi connectivity index (χ2n) is 6.67. The van der Waals surface area contributed by atoms with Crippen LogP contribution in [0.3, 0.4) is 0 Å². The van der Waals surface area contributed by atoms with E-state index in [4.69, 9.17) is 4.74 Å². The van der Waals surface area contributed by atoms with Crippen molar-refractivity contribution in [3.8, 4) is 0 Å². The molecule has 2 heteroatoms. The fourth-order valence-electron chi connectivity index (χ4n) is 4.82. The predicted molar refractivity (Wildman–Crippen MR) is 70.0 cm³/mol. The van der Waals surface area contributed by atoms with E-state index in [-0.39, 0.29) is 0 Å². The molecular formula is C15H27NO. The maximum atomic E-state index is 5.12. The van der Waals surface area contributed by atoms with E-state index in [1.165, 1.54) is 38.6 Å². The van der Waals surface area contributed by atoms with Crippen LogP contribution in [0.4, 0.5) is 0 Å². The summed E-state index contributed by atoms with van der Waals surface area (Å²) in [6.45, 7) is 3.14. The first-order valence-electron chi connectivity index (χ1n) is 7.54. The molecule has 0 heterocycles. The highest BCUT2D eigenvalue weighted by Crippen LogP contribution is 2.60. The molecule has 98 valence electrons. The zero-order valence-corrected chi connectivity index (χ0v) is 11.2. The van der Waals surface area contributed by atoms with Crippen molar-refractivity contribution in [2.45, 2.75) is 44.9 Å². The average Bonchev–Trinajstić information content (AvgIpc) is 2.89. The third kappa shape index (κ3) is 2.15. The van der Waals surface area contributed by atoms with Crippen molar-refractivity contribution in [2.75, 3.05) is 26.8 Å². The van der Waals surface area contributed by atoms with Crippen LogP contribution in [0.25, 0.3) is 0 Å². The highest BCUT2D eigenvalue weighted by atomic mass is 16.5. The Labute approximate surface area is 105 Å². The van der Waals surface area contributed by atoms with Crippen LogP contribution < -0.4 is 5.32 Å². The Morgan fingerprint density at radius 3 is 2.65 bits per heavy atom. The number of nitrogens with one attached hydrogen (secondary N) is 1. The van der Waals surface area contributed by atoms with E-state index in [0.717, 1.165) is 30.9 Å². The van der Waals surface area contributed by atoms with Gasteiger partial charge in [0.15, 0.2) is 0 Å². The molecule has 0 radical (unpaired) electrons. The third-order valence-corrected chi connectivity index (χ3v) is 5.83. The smallest absolute Gasteiger partial charge is 0.0587 e. The fraction of sp³-hybridized carbons (Fsp3) is 1.00. The zero-order valence-electron chi connectivity index (χ0n) is 11.2. The van der Waals surface area contributed by atoms with Crippen LogP contribution in [0.1, 0.15) is 44.9 Å². The summed E-state index contributed by atoms with van der Waals surface area (Å²) in [5, 5.41) is 3.64. The molecule has 3 aliphatic rings. The van der Waals surface area contributed by atoms with Crippen molar-refractivity contribution >= 4 is 0 Å². The van der Waals surface area contributed by atoms with Gasteiger partial charge in [-0.1, -0.05) is 12.8 Å². The minimum Gasteiger partial charge on any atom is -0.383 e. The number of hydrogen-bond acceptors (Lipinski definition) is 2. The Kier molecular flexibility index (Phi) is 3.45. The predicted octanol–water partition coefficient (Wildman–Crippen LogP) is 2.83. The molecule has 0 saturated heterocycles. The molecule has 0 aliphatic heterocycles. The molecule has 3 fully saturated rings. The second kappa shape index (κ2) is 4.89. The average molecular weight is 237 g/mol. The van der Waals surface area contributed by atoms with Crippen molar-refractivity contribution < 1.29 is 4.74 Å². The Bertz CT molecular complexity index is 262. The summed E-state index contributed by atoms with van der Waals surface area (Å²) in [5.74, 6) is 3.25. The SMILES string of the molecule is COCCNCC1(C2CC3CCC2C3)CCC1. The molecule has 17 heavy (non-hydrogen) atoms. The molecular weight excluding hydrogens is 210 g/mol. The summed E-state index contributed by atoms with van der Waals surface area (Å²) < 4.78 is 5.12.